The maximum Gasteiger partial charge on any atom is 0.321 e. The number of rotatable bonds is 4. The highest BCUT2D eigenvalue weighted by atomic mass is 16.2. The zero-order valence-electron chi connectivity index (χ0n) is 16.7. The van der Waals surface area contributed by atoms with Gasteiger partial charge in [-0.05, 0) is 30.9 Å². The normalized spacial score (nSPS) is 24.5. The first kappa shape index (κ1) is 19.5. The van der Waals surface area contributed by atoms with Crippen molar-refractivity contribution in [3.8, 4) is 0 Å². The van der Waals surface area contributed by atoms with Gasteiger partial charge in [-0.1, -0.05) is 6.92 Å². The Morgan fingerprint density at radius 3 is 2.34 bits per heavy atom. The van der Waals surface area contributed by atoms with E-state index in [1.165, 1.54) is 0 Å². The van der Waals surface area contributed by atoms with E-state index >= 15 is 0 Å². The predicted octanol–water partition coefficient (Wildman–Crippen LogP) is 0.725. The molecule has 4 amide bonds. The first-order chi connectivity index (χ1) is 13.9. The van der Waals surface area contributed by atoms with E-state index in [9.17, 15) is 14.4 Å². The summed E-state index contributed by atoms with van der Waals surface area (Å²) in [5, 5.41) is 2.84. The number of nitrogens with two attached hydrogens (primary N) is 1. The smallest absolute Gasteiger partial charge is 0.321 e. The van der Waals surface area contributed by atoms with Crippen LogP contribution in [-0.2, 0) is 9.59 Å². The maximum absolute atomic E-state index is 12.5. The van der Waals surface area contributed by atoms with Crippen LogP contribution >= 0.6 is 0 Å². The molecule has 0 unspecified atom stereocenters. The minimum atomic E-state index is -0.363. The molecule has 156 valence electrons. The van der Waals surface area contributed by atoms with Crippen molar-refractivity contribution in [3.63, 3.8) is 0 Å². The van der Waals surface area contributed by atoms with E-state index in [1.807, 2.05) is 24.0 Å². The Labute approximate surface area is 170 Å². The van der Waals surface area contributed by atoms with Crippen LogP contribution in [0.2, 0.25) is 0 Å². The van der Waals surface area contributed by atoms with Crippen LogP contribution in [0, 0.1) is 17.8 Å². The second-order valence-electron chi connectivity index (χ2n) is 8.31. The van der Waals surface area contributed by atoms with Crippen molar-refractivity contribution < 1.29 is 14.4 Å². The molecule has 9 nitrogen and oxygen atoms in total. The van der Waals surface area contributed by atoms with Gasteiger partial charge >= 0.3 is 6.03 Å². The average molecular weight is 400 g/mol. The lowest BCUT2D eigenvalue weighted by atomic mass is 9.98. The third kappa shape index (κ3) is 4.28. The van der Waals surface area contributed by atoms with Crippen molar-refractivity contribution >= 4 is 29.4 Å². The van der Waals surface area contributed by atoms with Gasteiger partial charge in [0.1, 0.15) is 5.82 Å². The molecule has 9 heteroatoms. The Balaban J connectivity index is 1.29. The number of aromatic nitrogens is 1. The van der Waals surface area contributed by atoms with Gasteiger partial charge < -0.3 is 25.8 Å². The molecular formula is C20H28N6O3. The Morgan fingerprint density at radius 1 is 1.07 bits per heavy atom. The quantitative estimate of drug-likeness (QED) is 0.774. The number of nitrogens with one attached hydrogen (secondary N) is 1. The second-order valence-corrected chi connectivity index (χ2v) is 8.31. The lowest BCUT2D eigenvalue weighted by molar-refractivity contribution is -0.132. The fourth-order valence-corrected chi connectivity index (χ4v) is 4.10. The number of amides is 4. The van der Waals surface area contributed by atoms with Gasteiger partial charge in [0.25, 0.3) is 0 Å². The standard InChI is InChI=1S/C20H28N6O3/c1-13-11-26(12-16(13)18(21)27)20(29)23-15-4-5-17(22-10-15)24-6-8-25(9-7-24)19(28)14-2-3-14/h4-5,10,13-14,16H,2-3,6-9,11-12H2,1H3,(H2,21,27)(H,23,29)/t13-,16-/m1/s1. The molecule has 2 saturated heterocycles. The van der Waals surface area contributed by atoms with Crippen LogP contribution in [0.25, 0.3) is 0 Å². The van der Waals surface area contributed by atoms with E-state index in [0.717, 1.165) is 44.8 Å². The number of urea groups is 1. The Kier molecular flexibility index (Phi) is 5.29. The number of anilines is 2. The molecule has 1 aliphatic carbocycles. The van der Waals surface area contributed by atoms with Crippen molar-refractivity contribution in [2.75, 3.05) is 49.5 Å². The number of hydrogen-bond donors (Lipinski definition) is 2. The summed E-state index contributed by atoms with van der Waals surface area (Å²) in [5.41, 5.74) is 6.01. The molecular weight excluding hydrogens is 372 g/mol. The van der Waals surface area contributed by atoms with E-state index in [0.29, 0.717) is 24.7 Å². The summed E-state index contributed by atoms with van der Waals surface area (Å²) in [4.78, 5) is 46.3. The lowest BCUT2D eigenvalue weighted by Gasteiger charge is -2.35. The first-order valence-corrected chi connectivity index (χ1v) is 10.3. The summed E-state index contributed by atoms with van der Waals surface area (Å²) in [6.07, 6.45) is 3.71. The van der Waals surface area contributed by atoms with Crippen LogP contribution in [0.1, 0.15) is 19.8 Å². The third-order valence-electron chi connectivity index (χ3n) is 6.11. The largest absolute Gasteiger partial charge is 0.369 e. The summed E-state index contributed by atoms with van der Waals surface area (Å²) in [5.74, 6) is 0.795. The van der Waals surface area contributed by atoms with Crippen molar-refractivity contribution in [3.05, 3.63) is 18.3 Å². The molecule has 4 rings (SSSR count). The van der Waals surface area contributed by atoms with E-state index < -0.39 is 0 Å². The van der Waals surface area contributed by atoms with Crippen LogP contribution in [0.3, 0.4) is 0 Å². The predicted molar refractivity (Wildman–Crippen MR) is 108 cm³/mol. The minimum Gasteiger partial charge on any atom is -0.369 e. The highest BCUT2D eigenvalue weighted by Crippen LogP contribution is 2.31. The van der Waals surface area contributed by atoms with Crippen LogP contribution in [0.4, 0.5) is 16.3 Å². The van der Waals surface area contributed by atoms with Gasteiger partial charge in [-0.15, -0.1) is 0 Å². The molecule has 2 atom stereocenters. The molecule has 3 aliphatic rings. The number of primary amides is 1. The number of likely N-dealkylation sites (tertiary alicyclic amines) is 1. The zero-order chi connectivity index (χ0) is 20.5. The van der Waals surface area contributed by atoms with Gasteiger partial charge in [0.2, 0.25) is 11.8 Å². The molecule has 3 fully saturated rings. The van der Waals surface area contributed by atoms with Crippen molar-refractivity contribution in [2.45, 2.75) is 19.8 Å². The van der Waals surface area contributed by atoms with E-state index in [1.54, 1.807) is 11.1 Å². The molecule has 3 N–H and O–H groups in total. The third-order valence-corrected chi connectivity index (χ3v) is 6.11. The van der Waals surface area contributed by atoms with Crippen molar-refractivity contribution in [1.29, 1.82) is 0 Å². The van der Waals surface area contributed by atoms with Gasteiger partial charge in [0.15, 0.2) is 0 Å². The van der Waals surface area contributed by atoms with Crippen molar-refractivity contribution in [2.24, 2.45) is 23.5 Å². The SMILES string of the molecule is C[C@@H]1CN(C(=O)Nc2ccc(N3CCN(C(=O)C4CC4)CC3)nc2)C[C@H]1C(N)=O. The van der Waals surface area contributed by atoms with Gasteiger partial charge in [-0.25, -0.2) is 9.78 Å². The second kappa shape index (κ2) is 7.88. The van der Waals surface area contributed by atoms with Crippen LogP contribution in [0.15, 0.2) is 18.3 Å². The van der Waals surface area contributed by atoms with Crippen LogP contribution < -0.4 is 16.0 Å². The molecule has 0 radical (unpaired) electrons. The number of carbonyl (C=O) groups is 3. The van der Waals surface area contributed by atoms with Gasteiger partial charge in [-0.3, -0.25) is 9.59 Å². The monoisotopic (exact) mass is 400 g/mol. The topological polar surface area (TPSA) is 112 Å². The number of nitrogens with zero attached hydrogens (tertiary/aromatic N) is 4. The summed E-state index contributed by atoms with van der Waals surface area (Å²) < 4.78 is 0. The summed E-state index contributed by atoms with van der Waals surface area (Å²) in [6, 6.07) is 3.46. The summed E-state index contributed by atoms with van der Waals surface area (Å²) in [6.45, 7) is 5.76. The van der Waals surface area contributed by atoms with Gasteiger partial charge in [-0.2, -0.15) is 0 Å². The molecule has 1 aromatic heterocycles. The number of carbonyl (C=O) groups excluding carboxylic acids is 3. The van der Waals surface area contributed by atoms with Crippen LogP contribution in [-0.4, -0.2) is 71.9 Å². The molecule has 0 spiro atoms. The highest BCUT2D eigenvalue weighted by molar-refractivity contribution is 5.90. The number of piperazine rings is 1. The maximum atomic E-state index is 12.5. The molecule has 3 heterocycles. The fraction of sp³-hybridized carbons (Fsp3) is 0.600. The van der Waals surface area contributed by atoms with Crippen molar-refractivity contribution in [1.82, 2.24) is 14.8 Å². The van der Waals surface area contributed by atoms with E-state index in [4.69, 9.17) is 5.73 Å². The fourth-order valence-electron chi connectivity index (χ4n) is 4.10. The average Bonchev–Trinajstić information content (AvgIpc) is 3.49. The highest BCUT2D eigenvalue weighted by Gasteiger charge is 2.36. The summed E-state index contributed by atoms with van der Waals surface area (Å²) >= 11 is 0. The molecule has 2 aliphatic heterocycles. The van der Waals surface area contributed by atoms with Gasteiger partial charge in [0.05, 0.1) is 17.8 Å². The molecule has 1 aromatic rings. The number of pyridine rings is 1. The number of hydrogen-bond acceptors (Lipinski definition) is 5. The minimum absolute atomic E-state index is 0.0595. The van der Waals surface area contributed by atoms with E-state index in [-0.39, 0.29) is 29.7 Å². The lowest BCUT2D eigenvalue weighted by Crippen LogP contribution is -2.49. The molecule has 1 saturated carbocycles. The first-order valence-electron chi connectivity index (χ1n) is 10.3. The van der Waals surface area contributed by atoms with E-state index in [2.05, 4.69) is 15.2 Å². The van der Waals surface area contributed by atoms with Gasteiger partial charge in [0, 0.05) is 45.2 Å². The zero-order valence-corrected chi connectivity index (χ0v) is 16.7. The Hall–Kier alpha value is -2.84. The Bertz CT molecular complexity index is 786. The molecule has 0 aromatic carbocycles. The van der Waals surface area contributed by atoms with Crippen LogP contribution in [0.5, 0.6) is 0 Å². The molecule has 0 bridgehead atoms. The summed E-state index contributed by atoms with van der Waals surface area (Å²) in [7, 11) is 0. The molecule has 29 heavy (non-hydrogen) atoms. The Morgan fingerprint density at radius 2 is 1.79 bits per heavy atom.